The SMILES string of the molecule is FC(F)(F)c1cccc(CNc2nc(C3CCCCC3)nc3ccccc23)c1. The minimum Gasteiger partial charge on any atom is -0.365 e. The molecule has 0 amide bonds. The Kier molecular flexibility index (Phi) is 5.20. The second kappa shape index (κ2) is 7.78. The van der Waals surface area contributed by atoms with Crippen molar-refractivity contribution in [1.82, 2.24) is 9.97 Å². The number of rotatable bonds is 4. The molecular formula is C22H22F3N3. The maximum absolute atomic E-state index is 13.0. The first-order valence-electron chi connectivity index (χ1n) is 9.67. The molecule has 3 aromatic rings. The van der Waals surface area contributed by atoms with Crippen LogP contribution < -0.4 is 5.32 Å². The van der Waals surface area contributed by atoms with Gasteiger partial charge in [-0.15, -0.1) is 0 Å². The standard InChI is InChI=1S/C22H22F3N3/c23-22(24,25)17-10-6-7-15(13-17)14-26-21-18-11-4-5-12-19(18)27-20(28-21)16-8-2-1-3-9-16/h4-7,10-13,16H,1-3,8-9,14H2,(H,26,27,28). The quantitative estimate of drug-likeness (QED) is 0.572. The van der Waals surface area contributed by atoms with Crippen LogP contribution in [0.2, 0.25) is 0 Å². The van der Waals surface area contributed by atoms with E-state index < -0.39 is 11.7 Å². The average Bonchev–Trinajstić information content (AvgIpc) is 2.72. The lowest BCUT2D eigenvalue weighted by atomic mass is 9.88. The van der Waals surface area contributed by atoms with Gasteiger partial charge in [0.2, 0.25) is 0 Å². The summed E-state index contributed by atoms with van der Waals surface area (Å²) < 4.78 is 38.9. The molecule has 1 fully saturated rings. The summed E-state index contributed by atoms with van der Waals surface area (Å²) in [5, 5.41) is 4.13. The molecule has 1 aromatic heterocycles. The molecule has 1 heterocycles. The zero-order valence-corrected chi connectivity index (χ0v) is 15.5. The van der Waals surface area contributed by atoms with Crippen molar-refractivity contribution in [2.24, 2.45) is 0 Å². The van der Waals surface area contributed by atoms with Crippen molar-refractivity contribution in [2.45, 2.75) is 50.7 Å². The van der Waals surface area contributed by atoms with E-state index in [2.05, 4.69) is 5.32 Å². The van der Waals surface area contributed by atoms with Gasteiger partial charge in [-0.2, -0.15) is 13.2 Å². The van der Waals surface area contributed by atoms with E-state index in [4.69, 9.17) is 9.97 Å². The summed E-state index contributed by atoms with van der Waals surface area (Å²) in [7, 11) is 0. The maximum atomic E-state index is 13.0. The molecule has 0 aliphatic heterocycles. The highest BCUT2D eigenvalue weighted by Gasteiger charge is 2.30. The topological polar surface area (TPSA) is 37.8 Å². The fraction of sp³-hybridized carbons (Fsp3) is 0.364. The van der Waals surface area contributed by atoms with Gasteiger partial charge in [-0.1, -0.05) is 43.5 Å². The molecule has 0 unspecified atom stereocenters. The molecule has 0 atom stereocenters. The number of benzene rings is 2. The molecule has 1 aliphatic carbocycles. The van der Waals surface area contributed by atoms with Crippen molar-refractivity contribution in [2.75, 3.05) is 5.32 Å². The first-order chi connectivity index (χ1) is 13.5. The lowest BCUT2D eigenvalue weighted by Gasteiger charge is -2.21. The second-order valence-electron chi connectivity index (χ2n) is 7.33. The molecule has 1 saturated carbocycles. The number of nitrogens with zero attached hydrogens (tertiary/aromatic N) is 2. The summed E-state index contributed by atoms with van der Waals surface area (Å²) in [6, 6.07) is 13.1. The Hall–Kier alpha value is -2.63. The number of hydrogen-bond acceptors (Lipinski definition) is 3. The molecule has 0 radical (unpaired) electrons. The van der Waals surface area contributed by atoms with Gasteiger partial charge < -0.3 is 5.32 Å². The monoisotopic (exact) mass is 385 g/mol. The number of hydrogen-bond donors (Lipinski definition) is 1. The van der Waals surface area contributed by atoms with Gasteiger partial charge in [0.05, 0.1) is 11.1 Å². The van der Waals surface area contributed by atoms with Crippen LogP contribution >= 0.6 is 0 Å². The molecule has 6 heteroatoms. The van der Waals surface area contributed by atoms with E-state index >= 15 is 0 Å². The van der Waals surface area contributed by atoms with Gasteiger partial charge in [0, 0.05) is 17.8 Å². The molecular weight excluding hydrogens is 363 g/mol. The van der Waals surface area contributed by atoms with E-state index in [1.54, 1.807) is 6.07 Å². The van der Waals surface area contributed by atoms with Gasteiger partial charge in [-0.3, -0.25) is 0 Å². The Bertz CT molecular complexity index is 963. The molecule has 1 aliphatic rings. The Morgan fingerprint density at radius 1 is 0.929 bits per heavy atom. The van der Waals surface area contributed by atoms with E-state index in [-0.39, 0.29) is 6.54 Å². The van der Waals surface area contributed by atoms with Crippen LogP contribution in [0.3, 0.4) is 0 Å². The van der Waals surface area contributed by atoms with Crippen molar-refractivity contribution in [3.8, 4) is 0 Å². The third-order valence-electron chi connectivity index (χ3n) is 5.31. The van der Waals surface area contributed by atoms with Crippen LogP contribution in [-0.4, -0.2) is 9.97 Å². The van der Waals surface area contributed by atoms with Crippen LogP contribution in [0.1, 0.15) is 55.0 Å². The molecule has 3 nitrogen and oxygen atoms in total. The minimum absolute atomic E-state index is 0.273. The van der Waals surface area contributed by atoms with Crippen LogP contribution in [-0.2, 0) is 12.7 Å². The first-order valence-corrected chi connectivity index (χ1v) is 9.67. The van der Waals surface area contributed by atoms with Crippen molar-refractivity contribution >= 4 is 16.7 Å². The first kappa shape index (κ1) is 18.7. The fourth-order valence-electron chi connectivity index (χ4n) is 3.82. The zero-order chi connectivity index (χ0) is 19.6. The zero-order valence-electron chi connectivity index (χ0n) is 15.5. The fourth-order valence-corrected chi connectivity index (χ4v) is 3.82. The van der Waals surface area contributed by atoms with Crippen LogP contribution in [0, 0.1) is 0 Å². The normalized spacial score (nSPS) is 15.7. The van der Waals surface area contributed by atoms with Gasteiger partial charge in [0.1, 0.15) is 11.6 Å². The van der Waals surface area contributed by atoms with Gasteiger partial charge >= 0.3 is 6.18 Å². The predicted octanol–water partition coefficient (Wildman–Crippen LogP) is 6.31. The minimum atomic E-state index is -4.34. The molecule has 0 bridgehead atoms. The third-order valence-corrected chi connectivity index (χ3v) is 5.31. The van der Waals surface area contributed by atoms with E-state index in [1.807, 2.05) is 24.3 Å². The predicted molar refractivity (Wildman–Crippen MR) is 104 cm³/mol. The van der Waals surface area contributed by atoms with Crippen molar-refractivity contribution in [1.29, 1.82) is 0 Å². The highest BCUT2D eigenvalue weighted by molar-refractivity contribution is 5.89. The van der Waals surface area contributed by atoms with Crippen LogP contribution in [0.5, 0.6) is 0 Å². The molecule has 1 N–H and O–H groups in total. The number of para-hydroxylation sites is 1. The van der Waals surface area contributed by atoms with Crippen LogP contribution in [0.15, 0.2) is 48.5 Å². The molecule has 28 heavy (non-hydrogen) atoms. The number of alkyl halides is 3. The Morgan fingerprint density at radius 2 is 1.71 bits per heavy atom. The van der Waals surface area contributed by atoms with E-state index in [0.717, 1.165) is 35.6 Å². The van der Waals surface area contributed by atoms with Crippen molar-refractivity contribution in [3.05, 3.63) is 65.5 Å². The largest absolute Gasteiger partial charge is 0.416 e. The maximum Gasteiger partial charge on any atom is 0.416 e. The number of anilines is 1. The summed E-state index contributed by atoms with van der Waals surface area (Å²) in [6.45, 7) is 0.273. The molecule has 146 valence electrons. The smallest absolute Gasteiger partial charge is 0.365 e. The number of nitrogens with one attached hydrogen (secondary N) is 1. The summed E-state index contributed by atoms with van der Waals surface area (Å²) in [5.41, 5.74) is 0.795. The number of halogens is 3. The molecule has 0 spiro atoms. The van der Waals surface area contributed by atoms with Gasteiger partial charge in [-0.25, -0.2) is 9.97 Å². The Labute approximate surface area is 162 Å². The number of aromatic nitrogens is 2. The highest BCUT2D eigenvalue weighted by Crippen LogP contribution is 2.33. The van der Waals surface area contributed by atoms with Gasteiger partial charge in [-0.05, 0) is 42.7 Å². The van der Waals surface area contributed by atoms with E-state index in [0.29, 0.717) is 17.3 Å². The highest BCUT2D eigenvalue weighted by atomic mass is 19.4. The lowest BCUT2D eigenvalue weighted by Crippen LogP contribution is -2.12. The third kappa shape index (κ3) is 4.11. The molecule has 0 saturated heterocycles. The molecule has 4 rings (SSSR count). The Morgan fingerprint density at radius 3 is 2.50 bits per heavy atom. The van der Waals surface area contributed by atoms with Crippen LogP contribution in [0.4, 0.5) is 19.0 Å². The summed E-state index contributed by atoms with van der Waals surface area (Å²) in [6.07, 6.45) is 1.47. The summed E-state index contributed by atoms with van der Waals surface area (Å²) in [4.78, 5) is 9.53. The van der Waals surface area contributed by atoms with Gasteiger partial charge in [0.15, 0.2) is 0 Å². The van der Waals surface area contributed by atoms with Gasteiger partial charge in [0.25, 0.3) is 0 Å². The van der Waals surface area contributed by atoms with E-state index in [9.17, 15) is 13.2 Å². The second-order valence-corrected chi connectivity index (χ2v) is 7.33. The van der Waals surface area contributed by atoms with Crippen molar-refractivity contribution in [3.63, 3.8) is 0 Å². The lowest BCUT2D eigenvalue weighted by molar-refractivity contribution is -0.137. The molecule has 2 aromatic carbocycles. The van der Waals surface area contributed by atoms with Crippen LogP contribution in [0.25, 0.3) is 10.9 Å². The Balaban J connectivity index is 1.62. The van der Waals surface area contributed by atoms with Crippen molar-refractivity contribution < 1.29 is 13.2 Å². The van der Waals surface area contributed by atoms with E-state index in [1.165, 1.54) is 31.4 Å². The summed E-state index contributed by atoms with van der Waals surface area (Å²) >= 11 is 0. The summed E-state index contributed by atoms with van der Waals surface area (Å²) in [5.74, 6) is 1.88. The average molecular weight is 385 g/mol. The number of fused-ring (bicyclic) bond motifs is 1.